The summed E-state index contributed by atoms with van der Waals surface area (Å²) in [5, 5.41) is 0. The fraction of sp³-hybridized carbons (Fsp3) is 0.862. The lowest BCUT2D eigenvalue weighted by atomic mass is 9.87. The Bertz CT molecular complexity index is 1050. The third-order valence-electron chi connectivity index (χ3n) is 14.2. The zero-order chi connectivity index (χ0) is 47.5. The van der Waals surface area contributed by atoms with Gasteiger partial charge < -0.3 is 17.7 Å². The first-order chi connectivity index (χ1) is 32.4. The monoisotopic (exact) mass is 957 g/mol. The average molecular weight is 958 g/mol. The molecule has 2 unspecified atom stereocenters. The van der Waals surface area contributed by atoms with Crippen molar-refractivity contribution in [1.29, 1.82) is 0 Å². The summed E-state index contributed by atoms with van der Waals surface area (Å²) in [5.41, 5.74) is 0. The van der Waals surface area contributed by atoms with Gasteiger partial charge in [-0.15, -0.1) is 0 Å². The molecule has 0 aromatic rings. The molecule has 0 amide bonds. The van der Waals surface area contributed by atoms with Crippen LogP contribution >= 0.6 is 0 Å². The van der Waals surface area contributed by atoms with Crippen molar-refractivity contribution in [3.05, 3.63) is 48.6 Å². The van der Waals surface area contributed by atoms with Gasteiger partial charge in [-0.2, -0.15) is 0 Å². The van der Waals surface area contributed by atoms with Crippen molar-refractivity contribution < 1.29 is 17.7 Å². The minimum atomic E-state index is -2.22. The third kappa shape index (κ3) is 32.1. The van der Waals surface area contributed by atoms with Crippen LogP contribution in [0.25, 0.3) is 0 Å². The smallest absolute Gasteiger partial charge is 0.334 e. The van der Waals surface area contributed by atoms with E-state index < -0.39 is 17.1 Å². The van der Waals surface area contributed by atoms with Gasteiger partial charge in [0, 0.05) is 38.5 Å². The van der Waals surface area contributed by atoms with Gasteiger partial charge in [-0.25, -0.2) is 0 Å². The third-order valence-corrected chi connectivity index (χ3v) is 20.0. The Labute approximate surface area is 414 Å². The highest BCUT2D eigenvalue weighted by molar-refractivity contribution is 6.66. The molecule has 0 saturated carbocycles. The SMILES string of the molecule is CCCCC/C=C\CCCO[Si](C)(CCCCN1CCCC2C1CCCN2CCCC[Si](C)(OCCC/C=C\CCCCC)OCCC/C=C\CCCCC)OCCC/C=C\CCCCC. The van der Waals surface area contributed by atoms with Gasteiger partial charge in [-0.05, 0) is 193 Å². The molecule has 2 fully saturated rings. The molecule has 0 aromatic heterocycles. The summed E-state index contributed by atoms with van der Waals surface area (Å²) in [6, 6.07) is 3.67. The molecule has 0 radical (unpaired) electrons. The number of nitrogens with zero attached hydrogens (tertiary/aromatic N) is 2. The van der Waals surface area contributed by atoms with E-state index in [-0.39, 0.29) is 0 Å². The second-order valence-corrected chi connectivity index (χ2v) is 27.2. The van der Waals surface area contributed by atoms with Crippen molar-refractivity contribution >= 4 is 17.1 Å². The molecular weight excluding hydrogens is 845 g/mol. The first-order valence-corrected chi connectivity index (χ1v) is 34.1. The standard InChI is InChI=1S/C58H112N2O4Si2/c1-7-11-15-19-23-27-31-37-51-61-65(5,62-52-38-32-28-24-20-16-12-8-2)55-41-35-47-59-49-43-46-58-57(59)45-44-50-60(58)48-36-42-56-66(6,63-53-39-33-29-25-21-17-13-9-3)64-54-40-34-30-26-22-18-14-10-4/h23-30,57-58H,7-22,31-56H2,1-6H3/b27-23-,28-24-,29-25-,30-26-. The fourth-order valence-corrected chi connectivity index (χ4v) is 14.8. The van der Waals surface area contributed by atoms with Crippen LogP contribution in [0, 0.1) is 0 Å². The van der Waals surface area contributed by atoms with Gasteiger partial charge >= 0.3 is 17.1 Å². The normalized spacial score (nSPS) is 18.0. The number of likely N-dealkylation sites (tertiary alicyclic amines) is 2. The molecule has 2 saturated heterocycles. The van der Waals surface area contributed by atoms with Crippen LogP contribution in [0.15, 0.2) is 48.6 Å². The molecule has 66 heavy (non-hydrogen) atoms. The van der Waals surface area contributed by atoms with Gasteiger partial charge in [-0.3, -0.25) is 9.80 Å². The molecule has 0 spiro atoms. The van der Waals surface area contributed by atoms with Crippen molar-refractivity contribution in [2.24, 2.45) is 0 Å². The van der Waals surface area contributed by atoms with Crippen molar-refractivity contribution in [2.75, 3.05) is 52.6 Å². The van der Waals surface area contributed by atoms with Crippen LogP contribution in [0.2, 0.25) is 25.2 Å². The summed E-state index contributed by atoms with van der Waals surface area (Å²) in [6.45, 7) is 22.2. The molecular formula is C58H112N2O4Si2. The van der Waals surface area contributed by atoms with E-state index in [2.05, 4.69) is 99.2 Å². The highest BCUT2D eigenvalue weighted by atomic mass is 28.4. The van der Waals surface area contributed by atoms with E-state index in [1.165, 1.54) is 180 Å². The van der Waals surface area contributed by atoms with E-state index in [9.17, 15) is 0 Å². The van der Waals surface area contributed by atoms with Gasteiger partial charge in [0.2, 0.25) is 0 Å². The highest BCUT2D eigenvalue weighted by Gasteiger charge is 2.38. The van der Waals surface area contributed by atoms with Gasteiger partial charge in [0.05, 0.1) is 0 Å². The number of unbranched alkanes of at least 4 members (excludes halogenated alkanes) is 18. The van der Waals surface area contributed by atoms with Gasteiger partial charge in [0.1, 0.15) is 0 Å². The summed E-state index contributed by atoms with van der Waals surface area (Å²) in [7, 11) is -4.44. The zero-order valence-corrected chi connectivity index (χ0v) is 47.0. The largest absolute Gasteiger partial charge is 0.394 e. The second kappa shape index (κ2) is 43.0. The zero-order valence-electron chi connectivity index (χ0n) is 45.0. The molecule has 2 aliphatic heterocycles. The van der Waals surface area contributed by atoms with E-state index in [4.69, 9.17) is 17.7 Å². The number of piperidine rings is 2. The summed E-state index contributed by atoms with van der Waals surface area (Å²) in [6.07, 6.45) is 58.9. The second-order valence-electron chi connectivity index (χ2n) is 20.5. The van der Waals surface area contributed by atoms with Crippen LogP contribution in [-0.2, 0) is 17.7 Å². The van der Waals surface area contributed by atoms with Crippen LogP contribution in [0.1, 0.15) is 233 Å². The van der Waals surface area contributed by atoms with Crippen molar-refractivity contribution in [3.63, 3.8) is 0 Å². The molecule has 2 aliphatic rings. The summed E-state index contributed by atoms with van der Waals surface area (Å²) < 4.78 is 26.9. The molecule has 6 nitrogen and oxygen atoms in total. The lowest BCUT2D eigenvalue weighted by molar-refractivity contribution is 0.00510. The van der Waals surface area contributed by atoms with E-state index in [1.807, 2.05) is 0 Å². The predicted molar refractivity (Wildman–Crippen MR) is 294 cm³/mol. The molecule has 0 bridgehead atoms. The van der Waals surface area contributed by atoms with Crippen LogP contribution < -0.4 is 0 Å². The summed E-state index contributed by atoms with van der Waals surface area (Å²) in [5.74, 6) is 0. The molecule has 2 heterocycles. The molecule has 0 aromatic carbocycles. The van der Waals surface area contributed by atoms with Gasteiger partial charge in [0.25, 0.3) is 0 Å². The lowest BCUT2D eigenvalue weighted by Gasteiger charge is -2.49. The van der Waals surface area contributed by atoms with Crippen LogP contribution in [0.4, 0.5) is 0 Å². The minimum absolute atomic E-state index is 0.723. The van der Waals surface area contributed by atoms with Gasteiger partial charge in [0.15, 0.2) is 0 Å². The van der Waals surface area contributed by atoms with Crippen molar-refractivity contribution in [3.8, 4) is 0 Å². The first kappa shape index (κ1) is 61.3. The van der Waals surface area contributed by atoms with E-state index in [0.29, 0.717) is 0 Å². The topological polar surface area (TPSA) is 43.4 Å². The molecule has 2 rings (SSSR count). The molecule has 386 valence electrons. The van der Waals surface area contributed by atoms with E-state index in [0.717, 1.165) is 102 Å². The quantitative estimate of drug-likeness (QED) is 0.0344. The predicted octanol–water partition coefficient (Wildman–Crippen LogP) is 17.4. The van der Waals surface area contributed by atoms with Crippen LogP contribution in [0.3, 0.4) is 0 Å². The average Bonchev–Trinajstić information content (AvgIpc) is 3.32. The van der Waals surface area contributed by atoms with Crippen LogP contribution in [-0.4, -0.2) is 91.6 Å². The van der Waals surface area contributed by atoms with Crippen molar-refractivity contribution in [2.45, 2.75) is 270 Å². The molecule has 2 atom stereocenters. The number of allylic oxidation sites excluding steroid dienone is 8. The number of hydrogen-bond acceptors (Lipinski definition) is 6. The Hall–Kier alpha value is -0.846. The minimum Gasteiger partial charge on any atom is -0.394 e. The summed E-state index contributed by atoms with van der Waals surface area (Å²) >= 11 is 0. The number of fused-ring (bicyclic) bond motifs is 1. The first-order valence-electron chi connectivity index (χ1n) is 29.0. The van der Waals surface area contributed by atoms with Crippen LogP contribution in [0.5, 0.6) is 0 Å². The Kier molecular flexibility index (Phi) is 39.9. The molecule has 0 N–H and O–H groups in total. The van der Waals surface area contributed by atoms with E-state index in [1.54, 1.807) is 0 Å². The Balaban J connectivity index is 1.85. The highest BCUT2D eigenvalue weighted by Crippen LogP contribution is 2.31. The van der Waals surface area contributed by atoms with E-state index >= 15 is 0 Å². The molecule has 0 aliphatic carbocycles. The summed E-state index contributed by atoms with van der Waals surface area (Å²) in [4.78, 5) is 5.79. The Morgan fingerprint density at radius 1 is 0.364 bits per heavy atom. The fourth-order valence-electron chi connectivity index (χ4n) is 9.97. The lowest BCUT2D eigenvalue weighted by Crippen LogP contribution is -2.58. The van der Waals surface area contributed by atoms with Gasteiger partial charge in [-0.1, -0.05) is 141 Å². The maximum atomic E-state index is 6.73. The van der Waals surface area contributed by atoms with Crippen molar-refractivity contribution in [1.82, 2.24) is 9.80 Å². The Morgan fingerprint density at radius 3 is 0.909 bits per heavy atom. The molecule has 8 heteroatoms. The Morgan fingerprint density at radius 2 is 0.636 bits per heavy atom. The number of hydrogen-bond donors (Lipinski definition) is 0. The maximum absolute atomic E-state index is 6.73. The number of rotatable bonds is 46. The maximum Gasteiger partial charge on any atom is 0.334 e.